The van der Waals surface area contributed by atoms with E-state index in [1.807, 2.05) is 43.9 Å². The number of carbonyl (C=O) groups excluding carboxylic acids is 2. The van der Waals surface area contributed by atoms with Gasteiger partial charge in [-0.05, 0) is 0 Å². The summed E-state index contributed by atoms with van der Waals surface area (Å²) in [4.78, 5) is 29.7. The molecule has 3 aliphatic heterocycles. The average molecular weight is 553 g/mol. The number of rotatable bonds is 4. The summed E-state index contributed by atoms with van der Waals surface area (Å²) < 4.78 is 13.4. The second-order valence-electron chi connectivity index (χ2n) is 12.3. The summed E-state index contributed by atoms with van der Waals surface area (Å²) in [5.74, 6) is -0.0972. The summed E-state index contributed by atoms with van der Waals surface area (Å²) in [6.45, 7) is 12.9. The van der Waals surface area contributed by atoms with Crippen molar-refractivity contribution in [2.45, 2.75) is 94.3 Å². The first-order chi connectivity index (χ1) is 15.8. The zero-order chi connectivity index (χ0) is 24.7. The Morgan fingerprint density at radius 2 is 1.82 bits per heavy atom. The van der Waals surface area contributed by atoms with Crippen molar-refractivity contribution in [3.8, 4) is 0 Å². The van der Waals surface area contributed by atoms with E-state index in [2.05, 4.69) is 32.9 Å². The van der Waals surface area contributed by atoms with Gasteiger partial charge < -0.3 is 0 Å². The number of hydrogen-bond donors (Lipinski definition) is 0. The van der Waals surface area contributed by atoms with Crippen LogP contribution < -0.4 is 4.46 Å². The van der Waals surface area contributed by atoms with Crippen molar-refractivity contribution in [2.75, 3.05) is 6.61 Å². The number of nitrogens with zero attached hydrogens (tertiary/aromatic N) is 1. The summed E-state index contributed by atoms with van der Waals surface area (Å²) in [5, 5.41) is -0.189. The predicted octanol–water partition coefficient (Wildman–Crippen LogP) is 4.58. The van der Waals surface area contributed by atoms with Gasteiger partial charge in [0.15, 0.2) is 0 Å². The minimum atomic E-state index is -0.775. The molecule has 4 aliphatic rings. The molecule has 0 N–H and O–H groups in total. The second-order valence-corrected chi connectivity index (χ2v) is 15.4. The van der Waals surface area contributed by atoms with Crippen LogP contribution >= 0.6 is 11.6 Å². The Bertz CT molecular complexity index is 982. The fraction of sp³-hybridized carbons (Fsp3) is 0.704. The minimum absolute atomic E-state index is 0.00747. The van der Waals surface area contributed by atoms with Gasteiger partial charge in [0, 0.05) is 0 Å². The Morgan fingerprint density at radius 3 is 2.35 bits per heavy atom. The van der Waals surface area contributed by atoms with Crippen molar-refractivity contribution in [3.63, 3.8) is 0 Å². The zero-order valence-corrected chi connectivity index (χ0v) is 23.4. The molecule has 1 aromatic carbocycles. The molecule has 5 nitrogen and oxygen atoms in total. The predicted molar refractivity (Wildman–Crippen MR) is 134 cm³/mol. The van der Waals surface area contributed by atoms with Gasteiger partial charge in [-0.1, -0.05) is 0 Å². The normalized spacial score (nSPS) is 40.1. The fourth-order valence-corrected chi connectivity index (χ4v) is 10.4. The Balaban J connectivity index is 1.50. The molecule has 4 bridgehead atoms. The summed E-state index contributed by atoms with van der Waals surface area (Å²) in [7, 11) is 0. The number of hydrogen-bond acceptors (Lipinski definition) is 4. The van der Waals surface area contributed by atoms with E-state index in [0.29, 0.717) is 13.0 Å². The molecule has 0 aromatic heterocycles. The molecule has 1 aromatic rings. The van der Waals surface area contributed by atoms with Gasteiger partial charge in [-0.25, -0.2) is 0 Å². The number of Topliss-reactive ketones (excluding diaryl/α,β-unsaturated/α-hetero) is 1. The van der Waals surface area contributed by atoms with E-state index in [1.54, 1.807) is 0 Å². The van der Waals surface area contributed by atoms with Crippen LogP contribution in [-0.2, 0) is 14.3 Å². The van der Waals surface area contributed by atoms with Crippen LogP contribution in [0.1, 0.15) is 60.8 Å². The molecule has 1 aliphatic carbocycles. The summed E-state index contributed by atoms with van der Waals surface area (Å²) in [5.41, 5.74) is -1.62. The quantitative estimate of drug-likeness (QED) is 0.405. The van der Waals surface area contributed by atoms with E-state index >= 15 is 0 Å². The van der Waals surface area contributed by atoms with Crippen molar-refractivity contribution in [1.82, 2.24) is 4.90 Å². The molecule has 7 heteroatoms. The van der Waals surface area contributed by atoms with Gasteiger partial charge in [0.2, 0.25) is 0 Å². The van der Waals surface area contributed by atoms with Crippen LogP contribution in [0.25, 0.3) is 0 Å². The van der Waals surface area contributed by atoms with Crippen LogP contribution in [0.3, 0.4) is 0 Å². The molecule has 1 amide bonds. The van der Waals surface area contributed by atoms with Gasteiger partial charge >= 0.3 is 215 Å². The summed E-state index contributed by atoms with van der Waals surface area (Å²) >= 11 is 7.07. The van der Waals surface area contributed by atoms with Gasteiger partial charge in [-0.2, -0.15) is 0 Å². The monoisotopic (exact) mass is 553 g/mol. The number of ketones is 1. The summed E-state index contributed by atoms with van der Waals surface area (Å²) in [6, 6.07) is 9.87. The van der Waals surface area contributed by atoms with Crippen LogP contribution in [0.5, 0.6) is 0 Å². The average Bonchev–Trinajstić information content (AvgIpc) is 3.39. The molecule has 1 saturated carbocycles. The Morgan fingerprint density at radius 1 is 1.15 bits per heavy atom. The molecule has 3 heterocycles. The fourth-order valence-electron chi connectivity index (χ4n) is 6.78. The van der Waals surface area contributed by atoms with Crippen molar-refractivity contribution < 1.29 is 19.1 Å². The Kier molecular flexibility index (Phi) is 5.77. The topological polar surface area (TPSA) is 55.8 Å². The van der Waals surface area contributed by atoms with Crippen LogP contribution in [0, 0.1) is 16.7 Å². The van der Waals surface area contributed by atoms with E-state index in [0.717, 1.165) is 12.8 Å². The Hall–Kier alpha value is -1.07. The van der Waals surface area contributed by atoms with E-state index in [4.69, 9.17) is 21.1 Å². The van der Waals surface area contributed by atoms with Crippen LogP contribution in [0.4, 0.5) is 4.79 Å². The van der Waals surface area contributed by atoms with Crippen molar-refractivity contribution in [3.05, 3.63) is 30.3 Å². The number of amides is 1. The van der Waals surface area contributed by atoms with E-state index in [9.17, 15) is 9.59 Å². The molecule has 7 atom stereocenters. The molecule has 3 saturated heterocycles. The molecule has 5 rings (SSSR count). The van der Waals surface area contributed by atoms with Gasteiger partial charge in [0.05, 0.1) is 0 Å². The molecule has 4 fully saturated rings. The van der Waals surface area contributed by atoms with E-state index in [1.165, 1.54) is 4.46 Å². The van der Waals surface area contributed by atoms with Crippen LogP contribution in [0.15, 0.2) is 30.3 Å². The van der Waals surface area contributed by atoms with Crippen LogP contribution in [0.2, 0.25) is 4.82 Å². The molecule has 186 valence electrons. The molecule has 34 heavy (non-hydrogen) atoms. The van der Waals surface area contributed by atoms with Gasteiger partial charge in [-0.3, -0.25) is 0 Å². The first kappa shape index (κ1) is 24.6. The number of halogens is 1. The first-order valence-corrected chi connectivity index (χ1v) is 14.6. The molecule has 0 spiro atoms. The van der Waals surface area contributed by atoms with Crippen molar-refractivity contribution in [2.24, 2.45) is 16.7 Å². The van der Waals surface area contributed by atoms with E-state index in [-0.39, 0.29) is 65.9 Å². The maximum atomic E-state index is 14.4. The number of carbonyl (C=O) groups is 2. The maximum absolute atomic E-state index is 14.4. The number of fused-ring (bicyclic) bond motifs is 4. The van der Waals surface area contributed by atoms with Gasteiger partial charge in [0.25, 0.3) is 0 Å². The second kappa shape index (κ2) is 7.96. The van der Waals surface area contributed by atoms with E-state index < -0.39 is 11.2 Å². The van der Waals surface area contributed by atoms with Gasteiger partial charge in [0.1, 0.15) is 0 Å². The van der Waals surface area contributed by atoms with Crippen LogP contribution in [-0.4, -0.2) is 67.0 Å². The first-order valence-electron chi connectivity index (χ1n) is 12.4. The third-order valence-corrected chi connectivity index (χ3v) is 13.0. The molecule has 0 radical (unpaired) electrons. The standard InChI is InChI=1S/C27H36ClNO4Se/c1-24(2,3)33-23(31)29-18-14-17(20(29)21(19(18)28)34-16-10-8-7-9-11-16)22(30)27-13-12-26(6,15-32-27)25(27,4)5/h7-11,17-21H,12-15H2,1-6H3/t17-,18-,19+,20+,21-,26-,27+/m1/s1. The third kappa shape index (κ3) is 3.43. The number of ether oxygens (including phenoxy) is 2. The Labute approximate surface area is 214 Å². The molecular formula is C27H36ClNO4Se. The third-order valence-electron chi connectivity index (χ3n) is 9.14. The SMILES string of the molecule is CC(C)(C)OC(=O)N1[C@@H]2[C@H]([Se]c3ccccc3)[C@@H](Cl)[C@H]1C[C@H]2C(=O)[C@]12CC[C@](C)(CO1)C2(C)C. The van der Waals surface area contributed by atoms with Gasteiger partial charge in [-0.15, -0.1) is 0 Å². The number of benzene rings is 1. The summed E-state index contributed by atoms with van der Waals surface area (Å²) in [6.07, 6.45) is 2.00. The van der Waals surface area contributed by atoms with Crippen molar-refractivity contribution in [1.29, 1.82) is 0 Å². The molecular weight excluding hydrogens is 517 g/mol. The zero-order valence-electron chi connectivity index (χ0n) is 21.0. The molecule has 0 unspecified atom stereocenters. The van der Waals surface area contributed by atoms with Crippen molar-refractivity contribution >= 4 is 42.9 Å². The number of alkyl halides is 1.